The second kappa shape index (κ2) is 10.2. The zero-order chi connectivity index (χ0) is 21.5. The SMILES string of the molecule is BC(B)(CCCCC(C)(C)C=O)C(O)C(B)(B)CCCCC(C)(C)C(=O)O. The summed E-state index contributed by atoms with van der Waals surface area (Å²) in [6, 6.07) is 0. The fraction of sp³-hybridized carbons (Fsp3) is 0.895. The molecule has 0 bridgehead atoms. The van der Waals surface area contributed by atoms with Crippen LogP contribution in [0, 0.1) is 10.8 Å². The maximum Gasteiger partial charge on any atom is 0.309 e. The monoisotopic (exact) mass is 376 g/mol. The molecule has 0 fully saturated rings. The van der Waals surface area contributed by atoms with Gasteiger partial charge in [0.15, 0.2) is 0 Å². The van der Waals surface area contributed by atoms with Gasteiger partial charge in [-0.2, -0.15) is 0 Å². The summed E-state index contributed by atoms with van der Waals surface area (Å²) in [6.45, 7) is 7.47. The zero-order valence-electron chi connectivity index (χ0n) is 19.0. The van der Waals surface area contributed by atoms with Crippen LogP contribution in [-0.4, -0.2) is 60.0 Å². The van der Waals surface area contributed by atoms with Crippen LogP contribution in [0.5, 0.6) is 0 Å². The van der Waals surface area contributed by atoms with Gasteiger partial charge in [0, 0.05) is 11.5 Å². The number of aliphatic hydroxyl groups is 1. The van der Waals surface area contributed by atoms with Crippen LogP contribution in [0.3, 0.4) is 0 Å². The predicted octanol–water partition coefficient (Wildman–Crippen LogP) is 0.569. The quantitative estimate of drug-likeness (QED) is 0.264. The summed E-state index contributed by atoms with van der Waals surface area (Å²) in [5, 5.41) is 19.8. The number of carboxylic acid groups (broad SMARTS) is 1. The fourth-order valence-corrected chi connectivity index (χ4v) is 3.81. The normalized spacial score (nSPS) is 14.7. The molecular weight excluding hydrogens is 335 g/mol. The molecule has 0 radical (unpaired) electrons. The number of unbranched alkanes of at least 4 members (excludes halogenated alkanes) is 2. The lowest BCUT2D eigenvalue weighted by Crippen LogP contribution is -2.41. The van der Waals surface area contributed by atoms with Crippen molar-refractivity contribution >= 4 is 43.6 Å². The van der Waals surface area contributed by atoms with Crippen LogP contribution < -0.4 is 0 Å². The minimum absolute atomic E-state index is 0.185. The van der Waals surface area contributed by atoms with Crippen molar-refractivity contribution in [1.29, 1.82) is 0 Å². The molecule has 0 saturated heterocycles. The van der Waals surface area contributed by atoms with Gasteiger partial charge in [-0.25, -0.2) is 0 Å². The van der Waals surface area contributed by atoms with Crippen molar-refractivity contribution in [1.82, 2.24) is 0 Å². The third-order valence-corrected chi connectivity index (χ3v) is 6.14. The standard InChI is InChI=1S/C19H40B4O4/c1-16(2,13-24)9-5-7-11-18(20,21)14(25)19(22,23)12-8-6-10-17(3,4)15(26)27/h13-14,25H,5-12,20-23H2,1-4H3,(H,26,27). The van der Waals surface area contributed by atoms with E-state index >= 15 is 0 Å². The second-order valence-corrected chi connectivity index (χ2v) is 11.1. The van der Waals surface area contributed by atoms with Crippen molar-refractivity contribution in [3.8, 4) is 0 Å². The molecule has 0 rings (SSSR count). The Bertz CT molecular complexity index is 490. The van der Waals surface area contributed by atoms with Crippen molar-refractivity contribution < 1.29 is 19.8 Å². The molecule has 0 aliphatic rings. The summed E-state index contributed by atoms with van der Waals surface area (Å²) >= 11 is 0. The molecule has 0 spiro atoms. The number of aldehydes is 1. The van der Waals surface area contributed by atoms with Gasteiger partial charge in [-0.05, 0) is 26.7 Å². The molecule has 0 aromatic heterocycles. The number of carboxylic acids is 1. The van der Waals surface area contributed by atoms with Gasteiger partial charge in [0.2, 0.25) is 0 Å². The third kappa shape index (κ3) is 9.40. The van der Waals surface area contributed by atoms with Gasteiger partial charge in [-0.3, -0.25) is 4.79 Å². The number of hydrogen-bond donors (Lipinski definition) is 2. The van der Waals surface area contributed by atoms with E-state index in [1.54, 1.807) is 13.8 Å². The topological polar surface area (TPSA) is 74.6 Å². The molecule has 152 valence electrons. The highest BCUT2D eigenvalue weighted by molar-refractivity contribution is 6.45. The highest BCUT2D eigenvalue weighted by Gasteiger charge is 2.38. The van der Waals surface area contributed by atoms with E-state index in [1.807, 2.05) is 13.8 Å². The first kappa shape index (κ1) is 26.4. The molecule has 0 aromatic carbocycles. The van der Waals surface area contributed by atoms with Crippen molar-refractivity contribution in [3.63, 3.8) is 0 Å². The van der Waals surface area contributed by atoms with E-state index in [0.717, 1.165) is 51.2 Å². The van der Waals surface area contributed by atoms with Gasteiger partial charge in [-0.15, -0.1) is 0 Å². The average molecular weight is 376 g/mol. The van der Waals surface area contributed by atoms with Crippen LogP contribution in [-0.2, 0) is 9.59 Å². The van der Waals surface area contributed by atoms with Crippen LogP contribution in [0.25, 0.3) is 0 Å². The third-order valence-electron chi connectivity index (χ3n) is 6.14. The Balaban J connectivity index is 4.48. The lowest BCUT2D eigenvalue weighted by molar-refractivity contribution is -0.147. The van der Waals surface area contributed by atoms with Gasteiger partial charge in [0.1, 0.15) is 37.7 Å². The first-order valence-corrected chi connectivity index (χ1v) is 10.5. The second-order valence-electron chi connectivity index (χ2n) is 11.1. The Hall–Kier alpha value is -0.640. The number of hydrogen-bond acceptors (Lipinski definition) is 3. The number of rotatable bonds is 14. The molecule has 0 aliphatic heterocycles. The van der Waals surface area contributed by atoms with Crippen LogP contribution >= 0.6 is 0 Å². The maximum absolute atomic E-state index is 11.2. The molecule has 0 amide bonds. The van der Waals surface area contributed by atoms with Crippen LogP contribution in [0.15, 0.2) is 0 Å². The van der Waals surface area contributed by atoms with Crippen molar-refractivity contribution in [2.75, 3.05) is 0 Å². The minimum Gasteiger partial charge on any atom is -0.481 e. The van der Waals surface area contributed by atoms with E-state index in [1.165, 1.54) is 0 Å². The van der Waals surface area contributed by atoms with Gasteiger partial charge in [-0.1, -0.05) is 62.8 Å². The van der Waals surface area contributed by atoms with Gasteiger partial charge in [0.05, 0.1) is 5.41 Å². The fourth-order valence-electron chi connectivity index (χ4n) is 3.81. The zero-order valence-corrected chi connectivity index (χ0v) is 19.0. The van der Waals surface area contributed by atoms with E-state index in [9.17, 15) is 19.8 Å². The van der Waals surface area contributed by atoms with E-state index < -0.39 is 17.5 Å². The van der Waals surface area contributed by atoms with Crippen LogP contribution in [0.4, 0.5) is 0 Å². The van der Waals surface area contributed by atoms with Crippen molar-refractivity contribution in [2.24, 2.45) is 10.8 Å². The summed E-state index contributed by atoms with van der Waals surface area (Å²) in [7, 11) is 8.46. The lowest BCUT2D eigenvalue weighted by atomic mass is 9.37. The molecule has 0 heterocycles. The molecule has 1 atom stereocenters. The Morgan fingerprint density at radius 3 is 1.59 bits per heavy atom. The largest absolute Gasteiger partial charge is 0.481 e. The molecule has 4 nitrogen and oxygen atoms in total. The number of aliphatic carboxylic acids is 1. The van der Waals surface area contributed by atoms with E-state index in [2.05, 4.69) is 31.4 Å². The highest BCUT2D eigenvalue weighted by atomic mass is 16.4. The Morgan fingerprint density at radius 2 is 1.22 bits per heavy atom. The van der Waals surface area contributed by atoms with Crippen molar-refractivity contribution in [2.45, 2.75) is 95.6 Å². The summed E-state index contributed by atoms with van der Waals surface area (Å²) in [5.74, 6) is -0.749. The predicted molar refractivity (Wildman–Crippen MR) is 124 cm³/mol. The Kier molecular flexibility index (Phi) is 9.98. The molecule has 0 aliphatic carbocycles. The summed E-state index contributed by atoms with van der Waals surface area (Å²) in [4.78, 5) is 22.2. The number of carbonyl (C=O) groups is 2. The van der Waals surface area contributed by atoms with Crippen molar-refractivity contribution in [3.05, 3.63) is 0 Å². The number of carbonyl (C=O) groups excluding carboxylic acids is 1. The average Bonchev–Trinajstić information content (AvgIpc) is 2.55. The molecule has 0 aromatic rings. The Morgan fingerprint density at radius 1 is 0.852 bits per heavy atom. The first-order valence-electron chi connectivity index (χ1n) is 10.5. The summed E-state index contributed by atoms with van der Waals surface area (Å²) < 4.78 is 0. The molecule has 27 heavy (non-hydrogen) atoms. The molecular formula is C19H40B4O4. The molecule has 0 saturated carbocycles. The summed E-state index contributed by atoms with van der Waals surface area (Å²) in [6.07, 6.45) is 7.73. The molecule has 8 heteroatoms. The van der Waals surface area contributed by atoms with E-state index in [0.29, 0.717) is 6.42 Å². The summed E-state index contributed by atoms with van der Waals surface area (Å²) in [5.41, 5.74) is -0.941. The highest BCUT2D eigenvalue weighted by Crippen LogP contribution is 2.43. The van der Waals surface area contributed by atoms with Crippen LogP contribution in [0.2, 0.25) is 10.4 Å². The van der Waals surface area contributed by atoms with E-state index in [-0.39, 0.29) is 15.8 Å². The smallest absolute Gasteiger partial charge is 0.309 e. The van der Waals surface area contributed by atoms with Gasteiger partial charge < -0.3 is 15.0 Å². The van der Waals surface area contributed by atoms with E-state index in [4.69, 9.17) is 0 Å². The first-order chi connectivity index (χ1) is 12.1. The van der Waals surface area contributed by atoms with Crippen LogP contribution in [0.1, 0.15) is 79.1 Å². The van der Waals surface area contributed by atoms with Gasteiger partial charge >= 0.3 is 5.97 Å². The molecule has 2 N–H and O–H groups in total. The lowest BCUT2D eigenvalue weighted by Gasteiger charge is -2.42. The number of aliphatic hydroxyl groups excluding tert-OH is 1. The maximum atomic E-state index is 11.2. The van der Waals surface area contributed by atoms with Gasteiger partial charge in [0.25, 0.3) is 0 Å². The minimum atomic E-state index is -0.749. The molecule has 1 unspecified atom stereocenters. The Labute approximate surface area is 170 Å².